The van der Waals surface area contributed by atoms with E-state index in [2.05, 4.69) is 4.74 Å². The summed E-state index contributed by atoms with van der Waals surface area (Å²) in [5, 5.41) is 9.95. The molecule has 0 fully saturated rings. The molecule has 1 aliphatic carbocycles. The van der Waals surface area contributed by atoms with Crippen molar-refractivity contribution < 1.29 is 14.6 Å². The zero-order valence-electron chi connectivity index (χ0n) is 9.67. The maximum absolute atomic E-state index is 11.5. The molecule has 86 valence electrons. The van der Waals surface area contributed by atoms with Crippen molar-refractivity contribution in [3.8, 4) is 5.75 Å². The van der Waals surface area contributed by atoms with Crippen molar-refractivity contribution in [1.29, 1.82) is 0 Å². The largest absolute Gasteiger partial charge is 0.507 e. The van der Waals surface area contributed by atoms with Crippen LogP contribution in [0.2, 0.25) is 0 Å². The van der Waals surface area contributed by atoms with Crippen LogP contribution in [0, 0.1) is 6.92 Å². The number of hydrogen-bond donors (Lipinski definition) is 1. The van der Waals surface area contributed by atoms with Gasteiger partial charge < -0.3 is 9.84 Å². The first-order chi connectivity index (χ1) is 7.65. The molecule has 0 unspecified atom stereocenters. The van der Waals surface area contributed by atoms with Gasteiger partial charge >= 0.3 is 5.97 Å². The van der Waals surface area contributed by atoms with E-state index in [4.69, 9.17) is 0 Å². The van der Waals surface area contributed by atoms with E-state index in [-0.39, 0.29) is 5.75 Å². The Hall–Kier alpha value is -1.51. The van der Waals surface area contributed by atoms with Gasteiger partial charge in [-0.1, -0.05) is 0 Å². The summed E-state index contributed by atoms with van der Waals surface area (Å²) in [6.07, 6.45) is 4.29. The molecule has 1 aromatic carbocycles. The van der Waals surface area contributed by atoms with Crippen molar-refractivity contribution in [1.82, 2.24) is 0 Å². The first-order valence-corrected chi connectivity index (χ1v) is 5.57. The predicted molar refractivity (Wildman–Crippen MR) is 60.8 cm³/mol. The molecule has 3 heteroatoms. The van der Waals surface area contributed by atoms with Gasteiger partial charge in [0.1, 0.15) is 11.3 Å². The predicted octanol–water partition coefficient (Wildman–Crippen LogP) is 2.37. The zero-order chi connectivity index (χ0) is 11.7. The standard InChI is InChI=1S/C13H16O3/c1-8-10-6-4-3-5-9(10)7-11(12(8)14)13(15)16-2/h7,14H,3-6H2,1-2H3. The topological polar surface area (TPSA) is 46.5 Å². The van der Waals surface area contributed by atoms with E-state index in [1.807, 2.05) is 6.92 Å². The number of carbonyl (C=O) groups excluding carboxylic acids is 1. The second-order valence-electron chi connectivity index (χ2n) is 4.23. The summed E-state index contributed by atoms with van der Waals surface area (Å²) in [6, 6.07) is 1.78. The average Bonchev–Trinajstić information content (AvgIpc) is 2.33. The molecule has 16 heavy (non-hydrogen) atoms. The maximum atomic E-state index is 11.5. The molecule has 2 rings (SSSR count). The van der Waals surface area contributed by atoms with Crippen LogP contribution in [-0.4, -0.2) is 18.2 Å². The minimum atomic E-state index is -0.464. The van der Waals surface area contributed by atoms with Crippen LogP contribution in [-0.2, 0) is 17.6 Å². The fourth-order valence-electron chi connectivity index (χ4n) is 2.37. The molecule has 1 aromatic rings. The number of carbonyl (C=O) groups is 1. The second-order valence-corrected chi connectivity index (χ2v) is 4.23. The average molecular weight is 220 g/mol. The number of aryl methyl sites for hydroxylation is 1. The Morgan fingerprint density at radius 1 is 1.38 bits per heavy atom. The van der Waals surface area contributed by atoms with Gasteiger partial charge in [0.05, 0.1) is 7.11 Å². The number of methoxy groups -OCH3 is 1. The van der Waals surface area contributed by atoms with Crippen molar-refractivity contribution >= 4 is 5.97 Å². The second kappa shape index (κ2) is 4.16. The van der Waals surface area contributed by atoms with Crippen LogP contribution < -0.4 is 0 Å². The number of benzene rings is 1. The molecule has 0 atom stereocenters. The minimum absolute atomic E-state index is 0.0764. The number of phenolic OH excluding ortho intramolecular Hbond substituents is 1. The van der Waals surface area contributed by atoms with E-state index in [0.717, 1.165) is 31.2 Å². The number of ether oxygens (including phenoxy) is 1. The minimum Gasteiger partial charge on any atom is -0.507 e. The smallest absolute Gasteiger partial charge is 0.341 e. The van der Waals surface area contributed by atoms with E-state index < -0.39 is 5.97 Å². The van der Waals surface area contributed by atoms with Gasteiger partial charge in [0, 0.05) is 0 Å². The van der Waals surface area contributed by atoms with E-state index in [0.29, 0.717) is 5.56 Å². The molecule has 0 spiro atoms. The highest BCUT2D eigenvalue weighted by atomic mass is 16.5. The Kier molecular flexibility index (Phi) is 2.86. The molecule has 0 aliphatic heterocycles. The molecule has 0 saturated heterocycles. The van der Waals surface area contributed by atoms with Crippen molar-refractivity contribution in [3.05, 3.63) is 28.3 Å². The fourth-order valence-corrected chi connectivity index (χ4v) is 2.37. The molecular weight excluding hydrogens is 204 g/mol. The van der Waals surface area contributed by atoms with E-state index in [1.54, 1.807) is 6.07 Å². The first kappa shape index (κ1) is 11.0. The van der Waals surface area contributed by atoms with Gasteiger partial charge in [-0.25, -0.2) is 4.79 Å². The molecule has 0 amide bonds. The van der Waals surface area contributed by atoms with Crippen LogP contribution >= 0.6 is 0 Å². The number of hydrogen-bond acceptors (Lipinski definition) is 3. The number of rotatable bonds is 1. The molecule has 3 nitrogen and oxygen atoms in total. The van der Waals surface area contributed by atoms with Crippen LogP contribution in [0.3, 0.4) is 0 Å². The summed E-state index contributed by atoms with van der Waals surface area (Å²) in [5.41, 5.74) is 3.51. The third-order valence-corrected chi connectivity index (χ3v) is 3.30. The third-order valence-electron chi connectivity index (χ3n) is 3.30. The lowest BCUT2D eigenvalue weighted by Gasteiger charge is -2.20. The van der Waals surface area contributed by atoms with Gasteiger partial charge in [-0.05, 0) is 55.4 Å². The lowest BCUT2D eigenvalue weighted by Crippen LogP contribution is -2.10. The first-order valence-electron chi connectivity index (χ1n) is 5.57. The Bertz CT molecular complexity index is 435. The lowest BCUT2D eigenvalue weighted by atomic mass is 9.86. The maximum Gasteiger partial charge on any atom is 0.341 e. The molecule has 0 heterocycles. The number of phenols is 1. The summed E-state index contributed by atoms with van der Waals surface area (Å²) in [5.74, 6) is -0.388. The molecule has 0 saturated carbocycles. The highest BCUT2D eigenvalue weighted by Gasteiger charge is 2.21. The number of esters is 1. The molecule has 1 N–H and O–H groups in total. The highest BCUT2D eigenvalue weighted by molar-refractivity contribution is 5.93. The van der Waals surface area contributed by atoms with Crippen LogP contribution in [0.4, 0.5) is 0 Å². The Labute approximate surface area is 95.0 Å². The van der Waals surface area contributed by atoms with Gasteiger partial charge in [-0.3, -0.25) is 0 Å². The van der Waals surface area contributed by atoms with Crippen molar-refractivity contribution in [2.45, 2.75) is 32.6 Å². The van der Waals surface area contributed by atoms with E-state index in [9.17, 15) is 9.90 Å². The van der Waals surface area contributed by atoms with E-state index in [1.165, 1.54) is 18.2 Å². The van der Waals surface area contributed by atoms with Crippen LogP contribution in [0.1, 0.15) is 39.9 Å². The summed E-state index contributed by atoms with van der Waals surface area (Å²) in [7, 11) is 1.33. The molecule has 1 aliphatic rings. The van der Waals surface area contributed by atoms with Crippen molar-refractivity contribution in [2.75, 3.05) is 7.11 Å². The molecule has 0 radical (unpaired) electrons. The number of aromatic hydroxyl groups is 1. The lowest BCUT2D eigenvalue weighted by molar-refractivity contribution is 0.0597. The van der Waals surface area contributed by atoms with Crippen LogP contribution in [0.5, 0.6) is 5.75 Å². The van der Waals surface area contributed by atoms with Crippen LogP contribution in [0.15, 0.2) is 6.07 Å². The van der Waals surface area contributed by atoms with Crippen molar-refractivity contribution in [3.63, 3.8) is 0 Å². The molecule has 0 aromatic heterocycles. The van der Waals surface area contributed by atoms with Gasteiger partial charge in [0.2, 0.25) is 0 Å². The van der Waals surface area contributed by atoms with Gasteiger partial charge in [-0.2, -0.15) is 0 Å². The normalized spacial score (nSPS) is 14.4. The number of fused-ring (bicyclic) bond motifs is 1. The Balaban J connectivity index is 2.57. The quantitative estimate of drug-likeness (QED) is 0.739. The van der Waals surface area contributed by atoms with Gasteiger partial charge in [0.15, 0.2) is 0 Å². The third kappa shape index (κ3) is 1.66. The summed E-state index contributed by atoms with van der Waals surface area (Å²) < 4.78 is 4.66. The van der Waals surface area contributed by atoms with E-state index >= 15 is 0 Å². The summed E-state index contributed by atoms with van der Waals surface area (Å²) >= 11 is 0. The SMILES string of the molecule is COC(=O)c1cc2c(c(C)c1O)CCCC2. The Morgan fingerprint density at radius 2 is 2.06 bits per heavy atom. The summed E-state index contributed by atoms with van der Waals surface area (Å²) in [4.78, 5) is 11.5. The fraction of sp³-hybridized carbons (Fsp3) is 0.462. The monoisotopic (exact) mass is 220 g/mol. The summed E-state index contributed by atoms with van der Waals surface area (Å²) in [6.45, 7) is 1.87. The molecule has 0 bridgehead atoms. The van der Waals surface area contributed by atoms with Gasteiger partial charge in [-0.15, -0.1) is 0 Å². The molecular formula is C13H16O3. The Morgan fingerprint density at radius 3 is 2.75 bits per heavy atom. The highest BCUT2D eigenvalue weighted by Crippen LogP contribution is 2.33. The zero-order valence-corrected chi connectivity index (χ0v) is 9.67. The van der Waals surface area contributed by atoms with Crippen LogP contribution in [0.25, 0.3) is 0 Å². The van der Waals surface area contributed by atoms with Crippen molar-refractivity contribution in [2.24, 2.45) is 0 Å². The van der Waals surface area contributed by atoms with Gasteiger partial charge in [0.25, 0.3) is 0 Å².